The lowest BCUT2D eigenvalue weighted by Gasteiger charge is -2.12. The Hall–Kier alpha value is -2.76. The van der Waals surface area contributed by atoms with E-state index in [9.17, 15) is 30.8 Å². The van der Waals surface area contributed by atoms with Crippen LogP contribution in [-0.4, -0.2) is 24.5 Å². The molecule has 1 N–H and O–H groups in total. The van der Waals surface area contributed by atoms with Crippen LogP contribution in [0.4, 0.5) is 17.6 Å². The topological polar surface area (TPSA) is 81.1 Å². The summed E-state index contributed by atoms with van der Waals surface area (Å²) in [5.41, 5.74) is -0.831. The minimum Gasteiger partial charge on any atom is -0.298 e. The molecule has 0 saturated heterocycles. The van der Waals surface area contributed by atoms with Gasteiger partial charge in [0, 0.05) is 24.7 Å². The molecule has 1 heterocycles. The summed E-state index contributed by atoms with van der Waals surface area (Å²) in [4.78, 5) is 15.6. The van der Waals surface area contributed by atoms with Gasteiger partial charge in [-0.25, -0.2) is 22.5 Å². The summed E-state index contributed by atoms with van der Waals surface area (Å²) in [6, 6.07) is 8.51. The molecule has 0 spiro atoms. The van der Waals surface area contributed by atoms with E-state index < -0.39 is 38.0 Å². The zero-order valence-corrected chi connectivity index (χ0v) is 17.1. The van der Waals surface area contributed by atoms with E-state index in [1.54, 1.807) is 0 Å². The molecule has 3 aromatic rings. The highest BCUT2D eigenvalue weighted by Gasteiger charge is 2.32. The lowest BCUT2D eigenvalue weighted by molar-refractivity contribution is -0.137. The summed E-state index contributed by atoms with van der Waals surface area (Å²) in [6.45, 7) is -0.433. The van der Waals surface area contributed by atoms with Gasteiger partial charge in [0.15, 0.2) is 0 Å². The van der Waals surface area contributed by atoms with Crippen molar-refractivity contribution >= 4 is 21.6 Å². The minimum atomic E-state index is -4.74. The van der Waals surface area contributed by atoms with Gasteiger partial charge in [0.05, 0.1) is 22.6 Å². The van der Waals surface area contributed by atoms with E-state index in [1.165, 1.54) is 36.7 Å². The van der Waals surface area contributed by atoms with Gasteiger partial charge in [0.1, 0.15) is 10.7 Å². The summed E-state index contributed by atoms with van der Waals surface area (Å²) in [5.74, 6) is -0.440. The first-order valence-electron chi connectivity index (χ1n) is 8.66. The Morgan fingerprint density at radius 1 is 1.06 bits per heavy atom. The maximum Gasteiger partial charge on any atom is 0.416 e. The molecule has 12 heteroatoms. The first-order valence-corrected chi connectivity index (χ1v) is 10.5. The molecular weight excluding hydrogens is 462 g/mol. The molecule has 164 valence electrons. The Morgan fingerprint density at radius 2 is 1.74 bits per heavy atom. The fraction of sp³-hybridized carbons (Fsp3) is 0.158. The molecule has 2 aromatic carbocycles. The SMILES string of the molecule is O=c1cc(-c2ccc(F)cc2)ncn1CCNS(=O)(=O)c1cc(C(F)(F)F)ccc1Cl. The third-order valence-corrected chi connectivity index (χ3v) is 6.15. The molecule has 0 fully saturated rings. The normalized spacial score (nSPS) is 12.2. The van der Waals surface area contributed by atoms with Crippen molar-refractivity contribution in [2.75, 3.05) is 6.54 Å². The van der Waals surface area contributed by atoms with Crippen molar-refractivity contribution in [2.24, 2.45) is 0 Å². The molecule has 0 aliphatic rings. The molecule has 0 aliphatic carbocycles. The van der Waals surface area contributed by atoms with Crippen LogP contribution in [0.1, 0.15) is 5.56 Å². The molecule has 0 atom stereocenters. The molecule has 0 aliphatic heterocycles. The van der Waals surface area contributed by atoms with E-state index in [1.807, 2.05) is 0 Å². The number of benzene rings is 2. The Kier molecular flexibility index (Phi) is 6.48. The first kappa shape index (κ1) is 22.9. The Labute approximate surface area is 179 Å². The van der Waals surface area contributed by atoms with Gasteiger partial charge in [0.2, 0.25) is 10.0 Å². The highest BCUT2D eigenvalue weighted by molar-refractivity contribution is 7.89. The van der Waals surface area contributed by atoms with Gasteiger partial charge < -0.3 is 0 Å². The molecule has 6 nitrogen and oxygen atoms in total. The second-order valence-electron chi connectivity index (χ2n) is 6.35. The highest BCUT2D eigenvalue weighted by Crippen LogP contribution is 2.33. The fourth-order valence-electron chi connectivity index (χ4n) is 2.64. The third-order valence-electron chi connectivity index (χ3n) is 4.21. The van der Waals surface area contributed by atoms with Crippen molar-refractivity contribution < 1.29 is 26.0 Å². The molecule has 31 heavy (non-hydrogen) atoms. The van der Waals surface area contributed by atoms with Crippen LogP contribution in [0.5, 0.6) is 0 Å². The van der Waals surface area contributed by atoms with E-state index >= 15 is 0 Å². The van der Waals surface area contributed by atoms with E-state index in [-0.39, 0.29) is 18.1 Å². The predicted molar refractivity (Wildman–Crippen MR) is 106 cm³/mol. The van der Waals surface area contributed by atoms with Gasteiger partial charge in [-0.2, -0.15) is 13.2 Å². The number of aromatic nitrogens is 2. The Morgan fingerprint density at radius 3 is 2.35 bits per heavy atom. The van der Waals surface area contributed by atoms with Crippen LogP contribution in [0.2, 0.25) is 5.02 Å². The van der Waals surface area contributed by atoms with Crippen LogP contribution >= 0.6 is 11.6 Å². The number of sulfonamides is 1. The lowest BCUT2D eigenvalue weighted by atomic mass is 10.1. The molecule has 0 radical (unpaired) electrons. The van der Waals surface area contributed by atoms with Crippen molar-refractivity contribution in [3.05, 3.63) is 81.6 Å². The molecular formula is C19H14ClF4N3O3S. The smallest absolute Gasteiger partial charge is 0.298 e. The monoisotopic (exact) mass is 475 g/mol. The summed E-state index contributed by atoms with van der Waals surface area (Å²) >= 11 is 5.76. The number of halogens is 5. The second kappa shape index (κ2) is 8.77. The van der Waals surface area contributed by atoms with Crippen LogP contribution in [-0.2, 0) is 22.7 Å². The molecule has 0 bridgehead atoms. The average Bonchev–Trinajstić information content (AvgIpc) is 2.69. The number of hydrogen-bond donors (Lipinski definition) is 1. The fourth-order valence-corrected chi connectivity index (χ4v) is 4.18. The van der Waals surface area contributed by atoms with Gasteiger partial charge in [-0.3, -0.25) is 9.36 Å². The van der Waals surface area contributed by atoms with E-state index in [0.29, 0.717) is 23.4 Å². The molecule has 0 unspecified atom stereocenters. The van der Waals surface area contributed by atoms with Crippen LogP contribution in [0, 0.1) is 5.82 Å². The van der Waals surface area contributed by atoms with Crippen molar-refractivity contribution in [2.45, 2.75) is 17.6 Å². The van der Waals surface area contributed by atoms with E-state index in [0.717, 1.165) is 10.6 Å². The Balaban J connectivity index is 1.72. The lowest BCUT2D eigenvalue weighted by Crippen LogP contribution is -2.31. The zero-order chi connectivity index (χ0) is 22.8. The van der Waals surface area contributed by atoms with Crippen LogP contribution < -0.4 is 10.3 Å². The maximum atomic E-state index is 13.0. The Bertz CT molecular complexity index is 1260. The predicted octanol–water partition coefficient (Wildman–Crippen LogP) is 3.70. The van der Waals surface area contributed by atoms with Gasteiger partial charge in [-0.05, 0) is 42.5 Å². The number of nitrogens with one attached hydrogen (secondary N) is 1. The van der Waals surface area contributed by atoms with Gasteiger partial charge >= 0.3 is 6.18 Å². The molecule has 0 amide bonds. The molecule has 0 saturated carbocycles. The van der Waals surface area contributed by atoms with Gasteiger partial charge in [0.25, 0.3) is 5.56 Å². The zero-order valence-electron chi connectivity index (χ0n) is 15.5. The highest BCUT2D eigenvalue weighted by atomic mass is 35.5. The summed E-state index contributed by atoms with van der Waals surface area (Å²) in [5, 5.41) is -0.372. The number of alkyl halides is 3. The third kappa shape index (κ3) is 5.49. The standard InChI is InChI=1S/C19H14ClF4N3O3S/c20-15-6-3-13(19(22,23)24)9-17(15)31(29,30)26-7-8-27-11-25-16(10-18(27)28)12-1-4-14(21)5-2-12/h1-6,9-11,26H,7-8H2. The van der Waals surface area contributed by atoms with E-state index in [4.69, 9.17) is 11.6 Å². The largest absolute Gasteiger partial charge is 0.416 e. The van der Waals surface area contributed by atoms with Crippen molar-refractivity contribution in [1.82, 2.24) is 14.3 Å². The van der Waals surface area contributed by atoms with Crippen LogP contribution in [0.3, 0.4) is 0 Å². The number of nitrogens with zero attached hydrogens (tertiary/aromatic N) is 2. The van der Waals surface area contributed by atoms with Crippen LogP contribution in [0.25, 0.3) is 11.3 Å². The summed E-state index contributed by atoms with van der Waals surface area (Å²) in [7, 11) is -4.37. The van der Waals surface area contributed by atoms with Crippen molar-refractivity contribution in [3.8, 4) is 11.3 Å². The quantitative estimate of drug-likeness (QED) is 0.551. The number of rotatable bonds is 6. The van der Waals surface area contributed by atoms with Crippen LogP contribution in [0.15, 0.2) is 64.5 Å². The average molecular weight is 476 g/mol. The van der Waals surface area contributed by atoms with E-state index in [2.05, 4.69) is 9.71 Å². The van der Waals surface area contributed by atoms with Crippen molar-refractivity contribution in [1.29, 1.82) is 0 Å². The van der Waals surface area contributed by atoms with Gasteiger partial charge in [-0.1, -0.05) is 11.6 Å². The maximum absolute atomic E-state index is 13.0. The minimum absolute atomic E-state index is 0.134. The van der Waals surface area contributed by atoms with Gasteiger partial charge in [-0.15, -0.1) is 0 Å². The number of hydrogen-bond acceptors (Lipinski definition) is 4. The summed E-state index contributed by atoms with van der Waals surface area (Å²) < 4.78 is 79.6. The molecule has 3 rings (SSSR count). The second-order valence-corrected chi connectivity index (χ2v) is 8.50. The summed E-state index contributed by atoms with van der Waals surface area (Å²) in [6.07, 6.45) is -3.55. The molecule has 1 aromatic heterocycles. The first-order chi connectivity index (χ1) is 14.5. The van der Waals surface area contributed by atoms with Crippen molar-refractivity contribution in [3.63, 3.8) is 0 Å².